The van der Waals surface area contributed by atoms with E-state index in [4.69, 9.17) is 5.11 Å². The van der Waals surface area contributed by atoms with E-state index in [2.05, 4.69) is 0 Å². The summed E-state index contributed by atoms with van der Waals surface area (Å²) in [5.74, 6) is -7.99. The van der Waals surface area contributed by atoms with Crippen LogP contribution in [-0.2, 0) is 10.0 Å². The second-order valence-corrected chi connectivity index (χ2v) is 4.73. The molecule has 2 N–H and O–H groups in total. The minimum atomic E-state index is -4.42. The number of carboxylic acid groups (broad SMARTS) is 1. The molecule has 0 bridgehead atoms. The van der Waals surface area contributed by atoms with Crippen LogP contribution in [-0.4, -0.2) is 26.5 Å². The van der Waals surface area contributed by atoms with Crippen LogP contribution in [0, 0.1) is 17.5 Å². The van der Waals surface area contributed by atoms with Crippen molar-refractivity contribution < 1.29 is 31.5 Å². The quantitative estimate of drug-likeness (QED) is 0.791. The molecule has 0 atom stereocenters. The Morgan fingerprint density at radius 3 is 2.18 bits per heavy atom. The second kappa shape index (κ2) is 4.34. The molecule has 1 aromatic rings. The largest absolute Gasteiger partial charge is 0.478 e. The number of rotatable bonds is 3. The average Bonchev–Trinajstić information content (AvgIpc) is 2.25. The number of halogens is 3. The molecule has 1 aromatic carbocycles. The minimum absolute atomic E-state index is 0.210. The molecular weight excluding hydrogens is 263 g/mol. The summed E-state index contributed by atoms with van der Waals surface area (Å²) in [5, 5.41) is 8.50. The van der Waals surface area contributed by atoms with Gasteiger partial charge in [-0.15, -0.1) is 0 Å². The molecule has 0 aromatic heterocycles. The third kappa shape index (κ3) is 2.24. The van der Waals surface area contributed by atoms with E-state index in [-0.39, 0.29) is 6.07 Å². The number of benzene rings is 1. The molecule has 0 saturated heterocycles. The molecule has 0 spiro atoms. The molecule has 1 rings (SSSR count). The molecule has 94 valence electrons. The van der Waals surface area contributed by atoms with E-state index in [1.807, 2.05) is 0 Å². The summed E-state index contributed by atoms with van der Waals surface area (Å²) in [4.78, 5) is 9.24. The van der Waals surface area contributed by atoms with Crippen molar-refractivity contribution in [2.75, 3.05) is 7.05 Å². The Balaban J connectivity index is 3.71. The van der Waals surface area contributed by atoms with Gasteiger partial charge in [0.2, 0.25) is 10.0 Å². The Kier molecular flexibility index (Phi) is 3.43. The van der Waals surface area contributed by atoms with Crippen molar-refractivity contribution in [3.8, 4) is 0 Å². The molecule has 0 radical (unpaired) electrons. The molecule has 0 aliphatic rings. The third-order valence-corrected chi connectivity index (χ3v) is 3.32. The summed E-state index contributed by atoms with van der Waals surface area (Å²) >= 11 is 0. The van der Waals surface area contributed by atoms with Gasteiger partial charge < -0.3 is 5.11 Å². The third-order valence-electron chi connectivity index (χ3n) is 1.90. The Morgan fingerprint density at radius 1 is 1.24 bits per heavy atom. The van der Waals surface area contributed by atoms with Gasteiger partial charge in [-0.2, -0.15) is 0 Å². The highest BCUT2D eigenvalue weighted by Gasteiger charge is 2.28. The van der Waals surface area contributed by atoms with E-state index in [9.17, 15) is 26.4 Å². The van der Waals surface area contributed by atoms with Crippen molar-refractivity contribution >= 4 is 16.0 Å². The highest BCUT2D eigenvalue weighted by Crippen LogP contribution is 2.23. The van der Waals surface area contributed by atoms with Crippen LogP contribution < -0.4 is 4.72 Å². The smallest absolute Gasteiger partial charge is 0.338 e. The van der Waals surface area contributed by atoms with Crippen molar-refractivity contribution in [3.05, 3.63) is 29.1 Å². The van der Waals surface area contributed by atoms with Gasteiger partial charge in [-0.25, -0.2) is 31.1 Å². The van der Waals surface area contributed by atoms with Crippen LogP contribution in [0.4, 0.5) is 13.2 Å². The van der Waals surface area contributed by atoms with Gasteiger partial charge in [-0.05, 0) is 13.1 Å². The minimum Gasteiger partial charge on any atom is -0.478 e. The van der Waals surface area contributed by atoms with Crippen LogP contribution in [0.5, 0.6) is 0 Å². The first kappa shape index (κ1) is 13.5. The summed E-state index contributed by atoms with van der Waals surface area (Å²) in [5.41, 5.74) is -1.27. The van der Waals surface area contributed by atoms with Crippen molar-refractivity contribution in [2.24, 2.45) is 0 Å². The Bertz CT molecular complexity index is 585. The van der Waals surface area contributed by atoms with Gasteiger partial charge in [0.1, 0.15) is 4.90 Å². The van der Waals surface area contributed by atoms with Gasteiger partial charge in [-0.3, -0.25) is 0 Å². The van der Waals surface area contributed by atoms with Gasteiger partial charge in [0.25, 0.3) is 0 Å². The lowest BCUT2D eigenvalue weighted by Crippen LogP contribution is -2.22. The molecule has 17 heavy (non-hydrogen) atoms. The van der Waals surface area contributed by atoms with Crippen molar-refractivity contribution in [3.63, 3.8) is 0 Å². The summed E-state index contributed by atoms with van der Waals surface area (Å²) < 4.78 is 63.2. The van der Waals surface area contributed by atoms with Gasteiger partial charge in [0, 0.05) is 0 Å². The zero-order valence-corrected chi connectivity index (χ0v) is 9.11. The van der Waals surface area contributed by atoms with Crippen LogP contribution in [0.2, 0.25) is 0 Å². The van der Waals surface area contributed by atoms with Crippen molar-refractivity contribution in [2.45, 2.75) is 4.90 Å². The molecule has 9 heteroatoms. The molecule has 0 aliphatic heterocycles. The average molecular weight is 269 g/mol. The van der Waals surface area contributed by atoms with Crippen LogP contribution in [0.25, 0.3) is 0 Å². The number of carboxylic acids is 1. The van der Waals surface area contributed by atoms with Gasteiger partial charge in [0.05, 0.1) is 5.56 Å². The van der Waals surface area contributed by atoms with Crippen LogP contribution in [0.1, 0.15) is 10.4 Å². The molecule has 0 amide bonds. The van der Waals surface area contributed by atoms with Gasteiger partial charge in [-0.1, -0.05) is 0 Å². The Morgan fingerprint density at radius 2 is 1.76 bits per heavy atom. The lowest BCUT2D eigenvalue weighted by atomic mass is 10.2. The fourth-order valence-corrected chi connectivity index (χ4v) is 1.86. The van der Waals surface area contributed by atoms with Crippen molar-refractivity contribution in [1.29, 1.82) is 0 Å². The molecule has 0 fully saturated rings. The molecule has 0 heterocycles. The number of carbonyl (C=O) groups is 1. The number of sulfonamides is 1. The highest BCUT2D eigenvalue weighted by molar-refractivity contribution is 7.89. The van der Waals surface area contributed by atoms with E-state index in [0.29, 0.717) is 0 Å². The number of aromatic carboxylic acids is 1. The summed E-state index contributed by atoms with van der Waals surface area (Å²) in [6.07, 6.45) is 0. The summed E-state index contributed by atoms with van der Waals surface area (Å²) in [7, 11) is -3.51. The second-order valence-electron chi connectivity index (χ2n) is 2.88. The van der Waals surface area contributed by atoms with Crippen LogP contribution in [0.15, 0.2) is 11.0 Å². The molecule has 0 aliphatic carbocycles. The number of nitrogens with one attached hydrogen (secondary N) is 1. The standard InChI is InChI=1S/C8H6F3NO4S/c1-12-17(15,16)4-2-3(8(13)14)5(9)7(11)6(4)10/h2,12H,1H3,(H,13,14). The zero-order valence-electron chi connectivity index (χ0n) is 8.29. The highest BCUT2D eigenvalue weighted by atomic mass is 32.2. The van der Waals surface area contributed by atoms with Crippen molar-refractivity contribution in [1.82, 2.24) is 4.72 Å². The fraction of sp³-hybridized carbons (Fsp3) is 0.125. The topological polar surface area (TPSA) is 83.5 Å². The monoisotopic (exact) mass is 269 g/mol. The maximum atomic E-state index is 13.2. The lowest BCUT2D eigenvalue weighted by molar-refractivity contribution is 0.0690. The number of hydrogen-bond acceptors (Lipinski definition) is 3. The molecule has 5 nitrogen and oxygen atoms in total. The first-order valence-electron chi connectivity index (χ1n) is 4.06. The number of hydrogen-bond donors (Lipinski definition) is 2. The van der Waals surface area contributed by atoms with Crippen LogP contribution in [0.3, 0.4) is 0 Å². The predicted octanol–water partition coefficient (Wildman–Crippen LogP) is 0.710. The van der Waals surface area contributed by atoms with E-state index < -0.39 is 43.9 Å². The molecule has 0 saturated carbocycles. The van der Waals surface area contributed by atoms with E-state index in [0.717, 1.165) is 7.05 Å². The maximum Gasteiger partial charge on any atom is 0.338 e. The summed E-state index contributed by atoms with van der Waals surface area (Å²) in [6, 6.07) is 0.210. The van der Waals surface area contributed by atoms with E-state index >= 15 is 0 Å². The van der Waals surface area contributed by atoms with E-state index in [1.165, 1.54) is 0 Å². The zero-order chi connectivity index (χ0) is 13.4. The van der Waals surface area contributed by atoms with E-state index in [1.54, 1.807) is 4.72 Å². The first-order chi connectivity index (χ1) is 7.72. The predicted molar refractivity (Wildman–Crippen MR) is 49.5 cm³/mol. The first-order valence-corrected chi connectivity index (χ1v) is 5.55. The molecular formula is C8H6F3NO4S. The normalized spacial score (nSPS) is 11.5. The Labute approximate surface area is 93.9 Å². The lowest BCUT2D eigenvalue weighted by Gasteiger charge is -2.07. The maximum absolute atomic E-state index is 13.2. The van der Waals surface area contributed by atoms with Gasteiger partial charge in [0.15, 0.2) is 17.5 Å². The molecule has 0 unspecified atom stereocenters. The fourth-order valence-electron chi connectivity index (χ4n) is 1.04. The Hall–Kier alpha value is -1.61. The van der Waals surface area contributed by atoms with Gasteiger partial charge >= 0.3 is 5.97 Å². The SMILES string of the molecule is CNS(=O)(=O)c1cc(C(=O)O)c(F)c(F)c1F. The summed E-state index contributed by atoms with van der Waals surface area (Å²) in [6.45, 7) is 0. The van der Waals surface area contributed by atoms with Crippen LogP contribution >= 0.6 is 0 Å².